The normalized spacial score (nSPS) is 9.36. The number of nitrogens with one attached hydrogen (secondary N) is 2. The van der Waals surface area contributed by atoms with Crippen molar-refractivity contribution >= 4 is 23.2 Å². The fourth-order valence-electron chi connectivity index (χ4n) is 0.753. The largest absolute Gasteiger partial charge is 0.373 e. The molecule has 0 radical (unpaired) electrons. The molecule has 0 saturated carbocycles. The Hall–Kier alpha value is -0.960. The number of rotatable bonds is 2. The lowest BCUT2D eigenvalue weighted by Gasteiger charge is -2.03. The van der Waals surface area contributed by atoms with Crippen LogP contribution in [0.3, 0.4) is 0 Å². The van der Waals surface area contributed by atoms with E-state index in [1.54, 1.807) is 26.2 Å². The Morgan fingerprint density at radius 1 is 1.18 bits per heavy atom. The predicted octanol–water partition coefficient (Wildman–Crippen LogP) is 1.82. The third-order valence-corrected chi connectivity index (χ3v) is 1.52. The molecule has 1 aromatic heterocycles. The quantitative estimate of drug-likeness (QED) is 0.713. The number of pyridine rings is 1. The first-order chi connectivity index (χ1) is 5.26. The predicted molar refractivity (Wildman–Crippen MR) is 48.3 cm³/mol. The number of hydrogen-bond acceptors (Lipinski definition) is 3. The van der Waals surface area contributed by atoms with Crippen molar-refractivity contribution in [2.75, 3.05) is 24.7 Å². The third kappa shape index (κ3) is 1.98. The molecule has 0 fully saturated rings. The molecule has 0 amide bonds. The second-order valence-corrected chi connectivity index (χ2v) is 2.49. The van der Waals surface area contributed by atoms with Crippen LogP contribution in [0.2, 0.25) is 5.02 Å². The molecule has 0 aliphatic rings. The molecule has 0 bridgehead atoms. The van der Waals surface area contributed by atoms with E-state index in [0.29, 0.717) is 5.02 Å². The van der Waals surface area contributed by atoms with Crippen LogP contribution in [0.4, 0.5) is 11.6 Å². The van der Waals surface area contributed by atoms with Gasteiger partial charge in [0.1, 0.15) is 11.6 Å². The van der Waals surface area contributed by atoms with Gasteiger partial charge >= 0.3 is 0 Å². The van der Waals surface area contributed by atoms with Crippen LogP contribution < -0.4 is 10.6 Å². The van der Waals surface area contributed by atoms with Crippen molar-refractivity contribution in [2.45, 2.75) is 0 Å². The van der Waals surface area contributed by atoms with Crippen LogP contribution >= 0.6 is 11.6 Å². The molecule has 0 atom stereocenters. The van der Waals surface area contributed by atoms with Gasteiger partial charge in [-0.25, -0.2) is 4.98 Å². The summed E-state index contributed by atoms with van der Waals surface area (Å²) in [5, 5.41) is 6.49. The summed E-state index contributed by atoms with van der Waals surface area (Å²) in [4.78, 5) is 4.16. The maximum Gasteiger partial charge on any atom is 0.129 e. The summed E-state index contributed by atoms with van der Waals surface area (Å²) in [7, 11) is 3.61. The standard InChI is InChI=1S/C7H10ClN3/c1-9-6-3-5(8)4-7(10-2)11-6/h3-4H,1-2H3,(H2,9,10,11). The van der Waals surface area contributed by atoms with Crippen LogP contribution in [0.5, 0.6) is 0 Å². The summed E-state index contributed by atoms with van der Waals surface area (Å²) in [5.41, 5.74) is 0. The molecule has 0 saturated heterocycles. The molecule has 1 heterocycles. The summed E-state index contributed by atoms with van der Waals surface area (Å²) < 4.78 is 0. The number of hydrogen-bond donors (Lipinski definition) is 2. The number of nitrogens with zero attached hydrogens (tertiary/aromatic N) is 1. The second-order valence-electron chi connectivity index (χ2n) is 2.06. The summed E-state index contributed by atoms with van der Waals surface area (Å²) in [6.07, 6.45) is 0. The lowest BCUT2D eigenvalue weighted by atomic mass is 10.4. The first-order valence-corrected chi connectivity index (χ1v) is 3.67. The van der Waals surface area contributed by atoms with Gasteiger partial charge in [0.15, 0.2) is 0 Å². The summed E-state index contributed by atoms with van der Waals surface area (Å²) in [5.74, 6) is 1.53. The van der Waals surface area contributed by atoms with Gasteiger partial charge < -0.3 is 10.6 Å². The highest BCUT2D eigenvalue weighted by molar-refractivity contribution is 6.31. The molecular weight excluding hydrogens is 162 g/mol. The molecule has 1 aromatic rings. The van der Waals surface area contributed by atoms with Crippen LogP contribution in [0.1, 0.15) is 0 Å². The highest BCUT2D eigenvalue weighted by Crippen LogP contribution is 2.17. The summed E-state index contributed by atoms with van der Waals surface area (Å²) in [6, 6.07) is 3.53. The zero-order chi connectivity index (χ0) is 8.27. The van der Waals surface area contributed by atoms with E-state index in [1.165, 1.54) is 0 Å². The molecule has 3 nitrogen and oxygen atoms in total. The topological polar surface area (TPSA) is 37.0 Å². The van der Waals surface area contributed by atoms with Gasteiger partial charge in [0, 0.05) is 19.1 Å². The van der Waals surface area contributed by atoms with E-state index < -0.39 is 0 Å². The number of halogens is 1. The van der Waals surface area contributed by atoms with Gasteiger partial charge in [-0.3, -0.25) is 0 Å². The van der Waals surface area contributed by atoms with E-state index >= 15 is 0 Å². The van der Waals surface area contributed by atoms with E-state index in [4.69, 9.17) is 11.6 Å². The average molecular weight is 172 g/mol. The Morgan fingerprint density at radius 2 is 1.64 bits per heavy atom. The molecule has 60 valence electrons. The second kappa shape index (κ2) is 3.44. The van der Waals surface area contributed by atoms with Gasteiger partial charge in [0.05, 0.1) is 0 Å². The van der Waals surface area contributed by atoms with Crippen molar-refractivity contribution in [2.24, 2.45) is 0 Å². The Morgan fingerprint density at radius 3 is 2.00 bits per heavy atom. The maximum absolute atomic E-state index is 5.79. The van der Waals surface area contributed by atoms with Crippen molar-refractivity contribution < 1.29 is 0 Å². The highest BCUT2D eigenvalue weighted by Gasteiger charge is 1.96. The van der Waals surface area contributed by atoms with Crippen LogP contribution in [0.25, 0.3) is 0 Å². The molecule has 0 unspecified atom stereocenters. The zero-order valence-electron chi connectivity index (χ0n) is 6.48. The van der Waals surface area contributed by atoms with Gasteiger partial charge in [-0.15, -0.1) is 0 Å². The Balaban J connectivity index is 3.02. The summed E-state index contributed by atoms with van der Waals surface area (Å²) >= 11 is 5.79. The van der Waals surface area contributed by atoms with E-state index in [0.717, 1.165) is 11.6 Å². The van der Waals surface area contributed by atoms with Crippen molar-refractivity contribution in [1.82, 2.24) is 4.98 Å². The molecule has 1 rings (SSSR count). The van der Waals surface area contributed by atoms with Gasteiger partial charge in [0.25, 0.3) is 0 Å². The molecule has 11 heavy (non-hydrogen) atoms. The van der Waals surface area contributed by atoms with E-state index in [2.05, 4.69) is 15.6 Å². The van der Waals surface area contributed by atoms with Crippen LogP contribution in [0, 0.1) is 0 Å². The minimum absolute atomic E-state index is 0.675. The van der Waals surface area contributed by atoms with Crippen molar-refractivity contribution in [3.63, 3.8) is 0 Å². The van der Waals surface area contributed by atoms with Crippen molar-refractivity contribution in [3.8, 4) is 0 Å². The SMILES string of the molecule is CNc1cc(Cl)cc(NC)n1. The zero-order valence-corrected chi connectivity index (χ0v) is 7.24. The average Bonchev–Trinajstić information content (AvgIpc) is 2.03. The van der Waals surface area contributed by atoms with Gasteiger partial charge in [-0.1, -0.05) is 11.6 Å². The van der Waals surface area contributed by atoms with Gasteiger partial charge in [-0.2, -0.15) is 0 Å². The minimum atomic E-state index is 0.675. The fourth-order valence-corrected chi connectivity index (χ4v) is 0.960. The summed E-state index contributed by atoms with van der Waals surface area (Å²) in [6.45, 7) is 0. The van der Waals surface area contributed by atoms with E-state index in [9.17, 15) is 0 Å². The Labute approximate surface area is 70.8 Å². The van der Waals surface area contributed by atoms with Crippen molar-refractivity contribution in [1.29, 1.82) is 0 Å². The molecular formula is C7H10ClN3. The first kappa shape index (κ1) is 8.14. The monoisotopic (exact) mass is 171 g/mol. The van der Waals surface area contributed by atoms with E-state index in [-0.39, 0.29) is 0 Å². The molecule has 0 spiro atoms. The highest BCUT2D eigenvalue weighted by atomic mass is 35.5. The lowest BCUT2D eigenvalue weighted by Crippen LogP contribution is -1.96. The third-order valence-electron chi connectivity index (χ3n) is 1.30. The Kier molecular flexibility index (Phi) is 2.54. The Bertz CT molecular complexity index is 227. The molecule has 2 N–H and O–H groups in total. The lowest BCUT2D eigenvalue weighted by molar-refractivity contribution is 1.26. The van der Waals surface area contributed by atoms with Crippen molar-refractivity contribution in [3.05, 3.63) is 17.2 Å². The van der Waals surface area contributed by atoms with Crippen LogP contribution in [-0.4, -0.2) is 19.1 Å². The number of anilines is 2. The first-order valence-electron chi connectivity index (χ1n) is 3.29. The smallest absolute Gasteiger partial charge is 0.129 e. The van der Waals surface area contributed by atoms with Crippen LogP contribution in [0.15, 0.2) is 12.1 Å². The van der Waals surface area contributed by atoms with Gasteiger partial charge in [0.2, 0.25) is 0 Å². The molecule has 0 aromatic carbocycles. The fraction of sp³-hybridized carbons (Fsp3) is 0.286. The molecule has 0 aliphatic heterocycles. The number of aromatic nitrogens is 1. The minimum Gasteiger partial charge on any atom is -0.373 e. The van der Waals surface area contributed by atoms with Crippen LogP contribution in [-0.2, 0) is 0 Å². The molecule has 0 aliphatic carbocycles. The van der Waals surface area contributed by atoms with E-state index in [1.807, 2.05) is 0 Å². The maximum atomic E-state index is 5.79. The molecule has 4 heteroatoms. The van der Waals surface area contributed by atoms with Gasteiger partial charge in [-0.05, 0) is 12.1 Å².